The second kappa shape index (κ2) is 5.66. The van der Waals surface area contributed by atoms with Crippen LogP contribution in [0.2, 0.25) is 0 Å². The van der Waals surface area contributed by atoms with Gasteiger partial charge in [-0.2, -0.15) is 0 Å². The van der Waals surface area contributed by atoms with E-state index in [2.05, 4.69) is 0 Å². The third-order valence-corrected chi connectivity index (χ3v) is 2.72. The molecule has 0 aromatic heterocycles. The summed E-state index contributed by atoms with van der Waals surface area (Å²) in [5.74, 6) is 0.768. The molecule has 0 radical (unpaired) electrons. The van der Waals surface area contributed by atoms with Crippen LogP contribution in [0.25, 0.3) is 0 Å². The SMILES string of the molecule is COC(OC)C(C1CC1)C(OC)OC. The summed E-state index contributed by atoms with van der Waals surface area (Å²) in [5.41, 5.74) is 0. The van der Waals surface area contributed by atoms with Crippen LogP contribution in [0.15, 0.2) is 0 Å². The zero-order chi connectivity index (χ0) is 10.6. The fraction of sp³-hybridized carbons (Fsp3) is 1.00. The molecule has 0 spiro atoms. The highest BCUT2D eigenvalue weighted by molar-refractivity contribution is 4.85. The second-order valence-electron chi connectivity index (χ2n) is 3.59. The highest BCUT2D eigenvalue weighted by atomic mass is 16.7. The van der Waals surface area contributed by atoms with E-state index in [0.717, 1.165) is 0 Å². The maximum absolute atomic E-state index is 5.27. The van der Waals surface area contributed by atoms with Gasteiger partial charge in [-0.05, 0) is 18.8 Å². The minimum absolute atomic E-state index is 0.167. The molecule has 0 amide bonds. The maximum Gasteiger partial charge on any atom is 0.164 e. The molecule has 14 heavy (non-hydrogen) atoms. The molecule has 4 nitrogen and oxygen atoms in total. The molecule has 0 aromatic carbocycles. The van der Waals surface area contributed by atoms with Crippen molar-refractivity contribution in [2.75, 3.05) is 28.4 Å². The molecular weight excluding hydrogens is 184 g/mol. The van der Waals surface area contributed by atoms with Gasteiger partial charge in [0.05, 0.1) is 5.92 Å². The lowest BCUT2D eigenvalue weighted by molar-refractivity contribution is -0.227. The van der Waals surface area contributed by atoms with Crippen LogP contribution in [0.3, 0.4) is 0 Å². The molecule has 0 aliphatic heterocycles. The van der Waals surface area contributed by atoms with E-state index in [0.29, 0.717) is 5.92 Å². The monoisotopic (exact) mass is 204 g/mol. The molecule has 0 aromatic rings. The normalized spacial score (nSPS) is 17.4. The maximum atomic E-state index is 5.27. The Morgan fingerprint density at radius 2 is 1.14 bits per heavy atom. The Morgan fingerprint density at radius 1 is 0.786 bits per heavy atom. The van der Waals surface area contributed by atoms with E-state index in [-0.39, 0.29) is 18.5 Å². The number of methoxy groups -OCH3 is 4. The Hall–Kier alpha value is -0.160. The van der Waals surface area contributed by atoms with E-state index in [4.69, 9.17) is 18.9 Å². The molecule has 0 unspecified atom stereocenters. The van der Waals surface area contributed by atoms with Crippen LogP contribution in [0.5, 0.6) is 0 Å². The Kier molecular flexibility index (Phi) is 4.81. The lowest BCUT2D eigenvalue weighted by Crippen LogP contribution is -2.38. The topological polar surface area (TPSA) is 36.9 Å². The third kappa shape index (κ3) is 2.67. The molecule has 0 N–H and O–H groups in total. The van der Waals surface area contributed by atoms with E-state index in [1.807, 2.05) is 0 Å². The van der Waals surface area contributed by atoms with E-state index in [1.165, 1.54) is 12.8 Å². The van der Waals surface area contributed by atoms with Crippen molar-refractivity contribution < 1.29 is 18.9 Å². The first kappa shape index (κ1) is 11.9. The van der Waals surface area contributed by atoms with Gasteiger partial charge in [0.1, 0.15) is 0 Å². The minimum atomic E-state index is -0.243. The summed E-state index contributed by atoms with van der Waals surface area (Å²) in [6, 6.07) is 0. The fourth-order valence-electron chi connectivity index (χ4n) is 1.87. The van der Waals surface area contributed by atoms with E-state index < -0.39 is 0 Å². The average molecular weight is 204 g/mol. The van der Waals surface area contributed by atoms with Gasteiger partial charge < -0.3 is 18.9 Å². The Balaban J connectivity index is 2.60. The van der Waals surface area contributed by atoms with Crippen LogP contribution in [0.4, 0.5) is 0 Å². The third-order valence-electron chi connectivity index (χ3n) is 2.72. The molecule has 0 bridgehead atoms. The summed E-state index contributed by atoms with van der Waals surface area (Å²) in [4.78, 5) is 0. The molecule has 4 heteroatoms. The molecule has 1 aliphatic carbocycles. The van der Waals surface area contributed by atoms with Crippen molar-refractivity contribution in [2.24, 2.45) is 11.8 Å². The zero-order valence-corrected chi connectivity index (χ0v) is 9.36. The molecule has 84 valence electrons. The molecule has 1 aliphatic rings. The van der Waals surface area contributed by atoms with Gasteiger partial charge >= 0.3 is 0 Å². The van der Waals surface area contributed by atoms with E-state index in [1.54, 1.807) is 28.4 Å². The predicted molar refractivity (Wildman–Crippen MR) is 51.8 cm³/mol. The number of rotatable bonds is 7. The van der Waals surface area contributed by atoms with Gasteiger partial charge in [0.2, 0.25) is 0 Å². The van der Waals surface area contributed by atoms with Crippen molar-refractivity contribution in [1.82, 2.24) is 0 Å². The Bertz CT molecular complexity index is 138. The smallest absolute Gasteiger partial charge is 0.164 e. The van der Waals surface area contributed by atoms with Crippen molar-refractivity contribution in [3.05, 3.63) is 0 Å². The second-order valence-corrected chi connectivity index (χ2v) is 3.59. The van der Waals surface area contributed by atoms with Crippen molar-refractivity contribution >= 4 is 0 Å². The fourth-order valence-corrected chi connectivity index (χ4v) is 1.87. The largest absolute Gasteiger partial charge is 0.355 e. The van der Waals surface area contributed by atoms with Crippen molar-refractivity contribution in [3.63, 3.8) is 0 Å². The first-order valence-electron chi connectivity index (χ1n) is 4.89. The summed E-state index contributed by atoms with van der Waals surface area (Å²) < 4.78 is 21.1. The van der Waals surface area contributed by atoms with Gasteiger partial charge in [0.15, 0.2) is 12.6 Å². The lowest BCUT2D eigenvalue weighted by Gasteiger charge is -2.30. The van der Waals surface area contributed by atoms with Crippen molar-refractivity contribution in [3.8, 4) is 0 Å². The van der Waals surface area contributed by atoms with Gasteiger partial charge in [-0.3, -0.25) is 0 Å². The minimum Gasteiger partial charge on any atom is -0.355 e. The van der Waals surface area contributed by atoms with E-state index >= 15 is 0 Å². The standard InChI is InChI=1S/C10H20O4/c1-11-9(12-2)8(7-5-6-7)10(13-3)14-4/h7-10H,5-6H2,1-4H3. The van der Waals surface area contributed by atoms with Crippen LogP contribution in [0.1, 0.15) is 12.8 Å². The summed E-state index contributed by atoms with van der Waals surface area (Å²) >= 11 is 0. The van der Waals surface area contributed by atoms with Gasteiger partial charge in [-0.1, -0.05) is 0 Å². The van der Waals surface area contributed by atoms with Crippen LogP contribution in [-0.2, 0) is 18.9 Å². The first-order chi connectivity index (χ1) is 6.78. The highest BCUT2D eigenvalue weighted by Gasteiger charge is 2.42. The Labute approximate surface area is 85.5 Å². The Morgan fingerprint density at radius 3 is 1.36 bits per heavy atom. The predicted octanol–water partition coefficient (Wildman–Crippen LogP) is 1.25. The number of ether oxygens (including phenoxy) is 4. The van der Waals surface area contributed by atoms with Crippen LogP contribution >= 0.6 is 0 Å². The molecule has 0 atom stereocenters. The summed E-state index contributed by atoms with van der Waals surface area (Å²) in [6.45, 7) is 0. The van der Waals surface area contributed by atoms with Crippen LogP contribution in [-0.4, -0.2) is 41.0 Å². The number of hydrogen-bond acceptors (Lipinski definition) is 4. The molecule has 0 heterocycles. The van der Waals surface area contributed by atoms with Crippen molar-refractivity contribution in [2.45, 2.75) is 25.4 Å². The summed E-state index contributed by atoms with van der Waals surface area (Å²) in [5, 5.41) is 0. The number of hydrogen-bond donors (Lipinski definition) is 0. The van der Waals surface area contributed by atoms with Crippen LogP contribution in [0, 0.1) is 11.8 Å². The lowest BCUT2D eigenvalue weighted by atomic mass is 10.0. The average Bonchev–Trinajstić information content (AvgIpc) is 3.02. The van der Waals surface area contributed by atoms with Crippen molar-refractivity contribution in [1.29, 1.82) is 0 Å². The summed E-state index contributed by atoms with van der Waals surface area (Å²) in [7, 11) is 6.58. The van der Waals surface area contributed by atoms with Crippen LogP contribution < -0.4 is 0 Å². The molecule has 1 fully saturated rings. The molecule has 1 rings (SSSR count). The quantitative estimate of drug-likeness (QED) is 0.585. The zero-order valence-electron chi connectivity index (χ0n) is 9.36. The molecule has 0 saturated heterocycles. The van der Waals surface area contributed by atoms with Gasteiger partial charge in [-0.25, -0.2) is 0 Å². The first-order valence-corrected chi connectivity index (χ1v) is 4.89. The van der Waals surface area contributed by atoms with Gasteiger partial charge in [0.25, 0.3) is 0 Å². The highest BCUT2D eigenvalue weighted by Crippen LogP contribution is 2.42. The van der Waals surface area contributed by atoms with Gasteiger partial charge in [0, 0.05) is 28.4 Å². The van der Waals surface area contributed by atoms with E-state index in [9.17, 15) is 0 Å². The summed E-state index contributed by atoms with van der Waals surface area (Å²) in [6.07, 6.45) is 1.92. The molecule has 1 saturated carbocycles. The van der Waals surface area contributed by atoms with Gasteiger partial charge in [-0.15, -0.1) is 0 Å². The molecular formula is C10H20O4.